The van der Waals surface area contributed by atoms with Gasteiger partial charge in [0.05, 0.1) is 23.8 Å². The van der Waals surface area contributed by atoms with Crippen molar-refractivity contribution >= 4 is 11.4 Å². The summed E-state index contributed by atoms with van der Waals surface area (Å²) < 4.78 is 0. The van der Waals surface area contributed by atoms with Crippen molar-refractivity contribution in [3.05, 3.63) is 18.5 Å². The maximum absolute atomic E-state index is 4.16. The second-order valence-electron chi connectivity index (χ2n) is 3.41. The van der Waals surface area contributed by atoms with E-state index in [1.54, 1.807) is 0 Å². The normalized spacial score (nSPS) is 15.5. The van der Waals surface area contributed by atoms with E-state index in [1.165, 1.54) is 12.8 Å². The summed E-state index contributed by atoms with van der Waals surface area (Å²) in [4.78, 5) is 4.16. The molecule has 0 bridgehead atoms. The first-order valence-electron chi connectivity index (χ1n) is 4.84. The molecule has 70 valence electrons. The molecule has 1 saturated carbocycles. The molecule has 2 rings (SSSR count). The molecule has 13 heavy (non-hydrogen) atoms. The van der Waals surface area contributed by atoms with Crippen LogP contribution in [0.2, 0.25) is 0 Å². The minimum atomic E-state index is 0.693. The highest BCUT2D eigenvalue weighted by atomic mass is 15.0. The van der Waals surface area contributed by atoms with Crippen molar-refractivity contribution in [3.63, 3.8) is 0 Å². The predicted molar refractivity (Wildman–Crippen MR) is 55.0 cm³/mol. The van der Waals surface area contributed by atoms with Crippen LogP contribution in [-0.4, -0.2) is 17.6 Å². The SMILES string of the molecule is CCNc1cncc(NC2CC2)c1. The number of nitrogens with one attached hydrogen (secondary N) is 2. The first kappa shape index (κ1) is 8.35. The monoisotopic (exact) mass is 177 g/mol. The molecule has 0 radical (unpaired) electrons. The topological polar surface area (TPSA) is 37.0 Å². The highest BCUT2D eigenvalue weighted by Crippen LogP contribution is 2.25. The third-order valence-corrected chi connectivity index (χ3v) is 2.07. The first-order chi connectivity index (χ1) is 6.38. The zero-order valence-corrected chi connectivity index (χ0v) is 7.88. The lowest BCUT2D eigenvalue weighted by Gasteiger charge is -2.06. The summed E-state index contributed by atoms with van der Waals surface area (Å²) in [5.74, 6) is 0. The Kier molecular flexibility index (Phi) is 2.34. The van der Waals surface area contributed by atoms with Gasteiger partial charge < -0.3 is 10.6 Å². The van der Waals surface area contributed by atoms with Gasteiger partial charge in [-0.1, -0.05) is 0 Å². The number of hydrogen-bond acceptors (Lipinski definition) is 3. The lowest BCUT2D eigenvalue weighted by atomic mass is 10.3. The second kappa shape index (κ2) is 3.64. The van der Waals surface area contributed by atoms with Gasteiger partial charge in [0.1, 0.15) is 0 Å². The zero-order valence-electron chi connectivity index (χ0n) is 7.88. The fraction of sp³-hybridized carbons (Fsp3) is 0.500. The van der Waals surface area contributed by atoms with Crippen molar-refractivity contribution in [2.75, 3.05) is 17.2 Å². The largest absolute Gasteiger partial charge is 0.384 e. The first-order valence-corrected chi connectivity index (χ1v) is 4.84. The van der Waals surface area contributed by atoms with E-state index in [0.29, 0.717) is 6.04 Å². The van der Waals surface area contributed by atoms with E-state index in [0.717, 1.165) is 17.9 Å². The molecule has 0 unspecified atom stereocenters. The Morgan fingerprint density at radius 3 is 2.85 bits per heavy atom. The fourth-order valence-electron chi connectivity index (χ4n) is 1.28. The standard InChI is InChI=1S/C10H15N3/c1-2-12-9-5-10(7-11-6-9)13-8-3-4-8/h5-8,12-13H,2-4H2,1H3. The zero-order chi connectivity index (χ0) is 9.10. The molecule has 1 aliphatic rings. The quantitative estimate of drug-likeness (QED) is 0.739. The van der Waals surface area contributed by atoms with Crippen LogP contribution >= 0.6 is 0 Å². The summed E-state index contributed by atoms with van der Waals surface area (Å²) in [5.41, 5.74) is 2.22. The number of aromatic nitrogens is 1. The third kappa shape index (κ3) is 2.34. The van der Waals surface area contributed by atoms with Crippen LogP contribution in [0.3, 0.4) is 0 Å². The van der Waals surface area contributed by atoms with Gasteiger partial charge in [0.2, 0.25) is 0 Å². The Labute approximate surface area is 78.6 Å². The molecule has 0 atom stereocenters. The highest BCUT2D eigenvalue weighted by molar-refractivity contribution is 5.54. The third-order valence-electron chi connectivity index (χ3n) is 2.07. The molecule has 3 heteroatoms. The Bertz CT molecular complexity index is 281. The van der Waals surface area contributed by atoms with Gasteiger partial charge in [-0.2, -0.15) is 0 Å². The van der Waals surface area contributed by atoms with E-state index >= 15 is 0 Å². The maximum Gasteiger partial charge on any atom is 0.0549 e. The molecule has 2 N–H and O–H groups in total. The molecule has 1 aromatic heterocycles. The van der Waals surface area contributed by atoms with Crippen LogP contribution in [0.15, 0.2) is 18.5 Å². The smallest absolute Gasteiger partial charge is 0.0549 e. The van der Waals surface area contributed by atoms with Crippen LogP contribution in [0.25, 0.3) is 0 Å². The number of pyridine rings is 1. The summed E-state index contributed by atoms with van der Waals surface area (Å²) in [7, 11) is 0. The van der Waals surface area contributed by atoms with Crippen LogP contribution in [0.5, 0.6) is 0 Å². The molecule has 0 amide bonds. The Hall–Kier alpha value is -1.25. The second-order valence-corrected chi connectivity index (χ2v) is 3.41. The van der Waals surface area contributed by atoms with Crippen molar-refractivity contribution < 1.29 is 0 Å². The molecule has 0 aliphatic heterocycles. The summed E-state index contributed by atoms with van der Waals surface area (Å²) in [5, 5.41) is 6.65. The Morgan fingerprint density at radius 2 is 2.15 bits per heavy atom. The Balaban J connectivity index is 2.02. The van der Waals surface area contributed by atoms with Crippen LogP contribution in [-0.2, 0) is 0 Å². The van der Waals surface area contributed by atoms with E-state index < -0.39 is 0 Å². The van der Waals surface area contributed by atoms with Crippen molar-refractivity contribution in [1.82, 2.24) is 4.98 Å². The van der Waals surface area contributed by atoms with Gasteiger partial charge in [-0.05, 0) is 25.8 Å². The summed E-state index contributed by atoms with van der Waals surface area (Å²) in [6.45, 7) is 3.02. The minimum Gasteiger partial charge on any atom is -0.384 e. The number of anilines is 2. The Morgan fingerprint density at radius 1 is 1.38 bits per heavy atom. The molecule has 0 aromatic carbocycles. The predicted octanol–water partition coefficient (Wildman–Crippen LogP) is 2.09. The van der Waals surface area contributed by atoms with E-state index in [4.69, 9.17) is 0 Å². The molecule has 3 nitrogen and oxygen atoms in total. The highest BCUT2D eigenvalue weighted by Gasteiger charge is 2.20. The van der Waals surface area contributed by atoms with Crippen LogP contribution < -0.4 is 10.6 Å². The lowest BCUT2D eigenvalue weighted by Crippen LogP contribution is -2.03. The van der Waals surface area contributed by atoms with Gasteiger partial charge >= 0.3 is 0 Å². The number of nitrogens with zero attached hydrogens (tertiary/aromatic N) is 1. The van der Waals surface area contributed by atoms with Crippen LogP contribution in [0, 0.1) is 0 Å². The van der Waals surface area contributed by atoms with E-state index in [1.807, 2.05) is 12.4 Å². The lowest BCUT2D eigenvalue weighted by molar-refractivity contribution is 1.13. The molecule has 0 saturated heterocycles. The fourth-order valence-corrected chi connectivity index (χ4v) is 1.28. The number of rotatable bonds is 4. The average molecular weight is 177 g/mol. The van der Waals surface area contributed by atoms with E-state index in [2.05, 4.69) is 28.6 Å². The van der Waals surface area contributed by atoms with Crippen molar-refractivity contribution in [3.8, 4) is 0 Å². The van der Waals surface area contributed by atoms with Gasteiger partial charge in [0.15, 0.2) is 0 Å². The molecular weight excluding hydrogens is 162 g/mol. The maximum atomic E-state index is 4.16. The number of hydrogen-bond donors (Lipinski definition) is 2. The van der Waals surface area contributed by atoms with Gasteiger partial charge in [0, 0.05) is 12.6 Å². The van der Waals surface area contributed by atoms with Crippen LogP contribution in [0.1, 0.15) is 19.8 Å². The molecule has 1 aliphatic carbocycles. The molecule has 1 heterocycles. The van der Waals surface area contributed by atoms with Crippen molar-refractivity contribution in [2.24, 2.45) is 0 Å². The van der Waals surface area contributed by atoms with Gasteiger partial charge in [-0.15, -0.1) is 0 Å². The van der Waals surface area contributed by atoms with E-state index in [9.17, 15) is 0 Å². The van der Waals surface area contributed by atoms with Crippen molar-refractivity contribution in [1.29, 1.82) is 0 Å². The summed E-state index contributed by atoms with van der Waals surface area (Å²) in [6, 6.07) is 2.80. The van der Waals surface area contributed by atoms with Gasteiger partial charge in [-0.3, -0.25) is 4.98 Å². The minimum absolute atomic E-state index is 0.693. The average Bonchev–Trinajstić information content (AvgIpc) is 2.90. The van der Waals surface area contributed by atoms with E-state index in [-0.39, 0.29) is 0 Å². The van der Waals surface area contributed by atoms with Gasteiger partial charge in [0.25, 0.3) is 0 Å². The summed E-state index contributed by atoms with van der Waals surface area (Å²) in [6.07, 6.45) is 6.32. The molecule has 1 aromatic rings. The molecular formula is C10H15N3. The van der Waals surface area contributed by atoms with Crippen LogP contribution in [0.4, 0.5) is 11.4 Å². The summed E-state index contributed by atoms with van der Waals surface area (Å²) >= 11 is 0. The van der Waals surface area contributed by atoms with Crippen molar-refractivity contribution in [2.45, 2.75) is 25.8 Å². The molecule has 1 fully saturated rings. The van der Waals surface area contributed by atoms with Gasteiger partial charge in [-0.25, -0.2) is 0 Å². The molecule has 0 spiro atoms.